The first-order valence-electron chi connectivity index (χ1n) is 5.27. The summed E-state index contributed by atoms with van der Waals surface area (Å²) < 4.78 is 13.7. The van der Waals surface area contributed by atoms with Gasteiger partial charge in [0.2, 0.25) is 0 Å². The van der Waals surface area contributed by atoms with Crippen molar-refractivity contribution in [3.05, 3.63) is 41.2 Å². The number of hydrogen-bond acceptors (Lipinski definition) is 2. The van der Waals surface area contributed by atoms with Gasteiger partial charge in [-0.2, -0.15) is 0 Å². The van der Waals surface area contributed by atoms with Crippen molar-refractivity contribution in [2.45, 2.75) is 13.3 Å². The van der Waals surface area contributed by atoms with E-state index in [1.165, 1.54) is 13.0 Å². The summed E-state index contributed by atoms with van der Waals surface area (Å²) in [5, 5.41) is 3.00. The number of benzene rings is 1. The molecule has 1 rings (SSSR count). The lowest BCUT2D eigenvalue weighted by Crippen LogP contribution is -2.05. The zero-order valence-corrected chi connectivity index (χ0v) is 9.59. The van der Waals surface area contributed by atoms with Gasteiger partial charge in [-0.15, -0.1) is 0 Å². The molecule has 0 spiro atoms. The Balaban J connectivity index is 2.85. The lowest BCUT2D eigenvalue weighted by molar-refractivity contribution is 0.101. The summed E-state index contributed by atoms with van der Waals surface area (Å²) in [6, 6.07) is 4.86. The Labute approximate surface area is 95.2 Å². The molecule has 1 aromatic rings. The van der Waals surface area contributed by atoms with Gasteiger partial charge < -0.3 is 5.32 Å². The largest absolute Gasteiger partial charge is 0.319 e. The van der Waals surface area contributed by atoms with E-state index in [2.05, 4.69) is 5.32 Å². The minimum absolute atomic E-state index is 0.149. The molecule has 0 amide bonds. The van der Waals surface area contributed by atoms with Crippen LogP contribution in [0.25, 0.3) is 6.08 Å². The van der Waals surface area contributed by atoms with Gasteiger partial charge in [0.1, 0.15) is 5.82 Å². The number of hydrogen-bond donors (Lipinski definition) is 1. The maximum Gasteiger partial charge on any atom is 0.162 e. The lowest BCUT2D eigenvalue weighted by Gasteiger charge is -2.01. The van der Waals surface area contributed by atoms with Crippen LogP contribution in [0.3, 0.4) is 0 Å². The van der Waals surface area contributed by atoms with Gasteiger partial charge in [0.25, 0.3) is 0 Å². The van der Waals surface area contributed by atoms with E-state index < -0.39 is 5.82 Å². The zero-order chi connectivity index (χ0) is 12.0. The van der Waals surface area contributed by atoms with Crippen molar-refractivity contribution < 1.29 is 9.18 Å². The van der Waals surface area contributed by atoms with E-state index >= 15 is 0 Å². The summed E-state index contributed by atoms with van der Waals surface area (Å²) in [5.41, 5.74) is 0.611. The van der Waals surface area contributed by atoms with Gasteiger partial charge in [0.05, 0.1) is 5.56 Å². The second-order valence-electron chi connectivity index (χ2n) is 3.56. The van der Waals surface area contributed by atoms with E-state index in [1.807, 2.05) is 13.1 Å². The van der Waals surface area contributed by atoms with Gasteiger partial charge in [0.15, 0.2) is 5.78 Å². The van der Waals surface area contributed by atoms with Gasteiger partial charge in [-0.1, -0.05) is 24.3 Å². The first-order valence-corrected chi connectivity index (χ1v) is 5.27. The van der Waals surface area contributed by atoms with Crippen LogP contribution >= 0.6 is 0 Å². The molecule has 1 aromatic carbocycles. The number of halogens is 1. The highest BCUT2D eigenvalue weighted by Gasteiger charge is 2.08. The van der Waals surface area contributed by atoms with E-state index in [9.17, 15) is 9.18 Å². The molecule has 0 saturated heterocycles. The topological polar surface area (TPSA) is 29.1 Å². The fraction of sp³-hybridized carbons (Fsp3) is 0.308. The van der Waals surface area contributed by atoms with E-state index in [0.717, 1.165) is 13.0 Å². The molecule has 1 N–H and O–H groups in total. The molecule has 0 aromatic heterocycles. The fourth-order valence-corrected chi connectivity index (χ4v) is 1.39. The van der Waals surface area contributed by atoms with Crippen LogP contribution in [0.1, 0.15) is 29.3 Å². The molecular formula is C13H16FNO. The summed E-state index contributed by atoms with van der Waals surface area (Å²) in [6.45, 7) is 2.22. The molecule has 16 heavy (non-hydrogen) atoms. The van der Waals surface area contributed by atoms with Gasteiger partial charge in [0, 0.05) is 5.56 Å². The summed E-state index contributed by atoms with van der Waals surface area (Å²) in [5.74, 6) is -0.682. The standard InChI is InChI=1S/C13H16FNO/c1-10(16)12-8-5-7-11(13(12)14)6-3-4-9-15-2/h3,5-8,15H,4,9H2,1-2H3. The quantitative estimate of drug-likeness (QED) is 0.611. The van der Waals surface area contributed by atoms with Crippen LogP contribution in [0.15, 0.2) is 24.3 Å². The Morgan fingerprint density at radius 3 is 2.88 bits per heavy atom. The molecule has 0 atom stereocenters. The smallest absolute Gasteiger partial charge is 0.162 e. The molecule has 0 saturated carbocycles. The molecule has 0 aliphatic rings. The molecule has 3 heteroatoms. The highest BCUT2D eigenvalue weighted by Crippen LogP contribution is 2.15. The van der Waals surface area contributed by atoms with Gasteiger partial charge in [-0.3, -0.25) is 4.79 Å². The molecule has 0 heterocycles. The Kier molecular flexibility index (Phi) is 4.86. The number of rotatable bonds is 5. The Bertz CT molecular complexity index is 399. The molecule has 2 nitrogen and oxygen atoms in total. The van der Waals surface area contributed by atoms with Crippen LogP contribution in [-0.2, 0) is 0 Å². The number of ketones is 1. The van der Waals surface area contributed by atoms with Crippen molar-refractivity contribution >= 4 is 11.9 Å². The van der Waals surface area contributed by atoms with Crippen LogP contribution in [0.4, 0.5) is 4.39 Å². The Hall–Kier alpha value is -1.48. The van der Waals surface area contributed by atoms with E-state index in [0.29, 0.717) is 5.56 Å². The van der Waals surface area contributed by atoms with Gasteiger partial charge >= 0.3 is 0 Å². The second kappa shape index (κ2) is 6.18. The number of carbonyl (C=O) groups excluding carboxylic acids is 1. The van der Waals surface area contributed by atoms with Crippen LogP contribution in [-0.4, -0.2) is 19.4 Å². The van der Waals surface area contributed by atoms with E-state index in [-0.39, 0.29) is 11.3 Å². The van der Waals surface area contributed by atoms with E-state index in [4.69, 9.17) is 0 Å². The van der Waals surface area contributed by atoms with Crippen molar-refractivity contribution in [3.63, 3.8) is 0 Å². The van der Waals surface area contributed by atoms with E-state index in [1.54, 1.807) is 18.2 Å². The molecule has 0 bridgehead atoms. The summed E-state index contributed by atoms with van der Waals surface area (Å²) >= 11 is 0. The van der Waals surface area contributed by atoms with Gasteiger partial charge in [-0.05, 0) is 33.0 Å². The summed E-state index contributed by atoms with van der Waals surface area (Å²) in [6.07, 6.45) is 4.43. The molecule has 0 aliphatic heterocycles. The molecule has 86 valence electrons. The average molecular weight is 221 g/mol. The number of nitrogens with one attached hydrogen (secondary N) is 1. The normalized spacial score (nSPS) is 10.9. The lowest BCUT2D eigenvalue weighted by atomic mass is 10.1. The molecule has 0 fully saturated rings. The van der Waals surface area contributed by atoms with Crippen molar-refractivity contribution in [2.75, 3.05) is 13.6 Å². The van der Waals surface area contributed by atoms with Crippen molar-refractivity contribution in [1.82, 2.24) is 5.32 Å². The first kappa shape index (κ1) is 12.6. The van der Waals surface area contributed by atoms with Crippen LogP contribution in [0.5, 0.6) is 0 Å². The predicted molar refractivity (Wildman–Crippen MR) is 64.0 cm³/mol. The van der Waals surface area contributed by atoms with Crippen LogP contribution in [0.2, 0.25) is 0 Å². The molecular weight excluding hydrogens is 205 g/mol. The van der Waals surface area contributed by atoms with Crippen molar-refractivity contribution in [1.29, 1.82) is 0 Å². The van der Waals surface area contributed by atoms with Crippen molar-refractivity contribution in [3.8, 4) is 0 Å². The van der Waals surface area contributed by atoms with Gasteiger partial charge in [-0.25, -0.2) is 4.39 Å². The number of Topliss-reactive ketones (excluding diaryl/α,β-unsaturated/α-hetero) is 1. The predicted octanol–water partition coefficient (Wildman–Crippen LogP) is 2.65. The monoisotopic (exact) mass is 221 g/mol. The maximum atomic E-state index is 13.7. The molecule has 0 unspecified atom stereocenters. The Morgan fingerprint density at radius 2 is 2.25 bits per heavy atom. The summed E-state index contributed by atoms with van der Waals surface area (Å²) in [4.78, 5) is 11.1. The second-order valence-corrected chi connectivity index (χ2v) is 3.56. The third-order valence-corrected chi connectivity index (χ3v) is 2.27. The third-order valence-electron chi connectivity index (χ3n) is 2.27. The van der Waals surface area contributed by atoms with Crippen LogP contribution in [0, 0.1) is 5.82 Å². The third kappa shape index (κ3) is 3.28. The van der Waals surface area contributed by atoms with Crippen molar-refractivity contribution in [2.24, 2.45) is 0 Å². The maximum absolute atomic E-state index is 13.7. The highest BCUT2D eigenvalue weighted by atomic mass is 19.1. The van der Waals surface area contributed by atoms with Crippen LogP contribution < -0.4 is 5.32 Å². The summed E-state index contributed by atoms with van der Waals surface area (Å²) in [7, 11) is 1.87. The molecule has 0 radical (unpaired) electrons. The SMILES string of the molecule is CNCCC=Cc1cccc(C(C)=O)c1F. The minimum Gasteiger partial charge on any atom is -0.319 e. The molecule has 0 aliphatic carbocycles. The Morgan fingerprint density at radius 1 is 1.50 bits per heavy atom. The average Bonchev–Trinajstić information content (AvgIpc) is 2.26. The first-order chi connectivity index (χ1) is 7.66. The highest BCUT2D eigenvalue weighted by molar-refractivity contribution is 5.94. The fourth-order valence-electron chi connectivity index (χ4n) is 1.39. The number of carbonyl (C=O) groups is 1. The minimum atomic E-state index is -0.435. The zero-order valence-electron chi connectivity index (χ0n) is 9.59.